The number of imidazole rings is 1. The molecule has 0 saturated carbocycles. The zero-order valence-corrected chi connectivity index (χ0v) is 20.8. The highest BCUT2D eigenvalue weighted by atomic mass is 16.4. The largest absolute Gasteiger partial charge is 0.481 e. The molecule has 13 N–H and O–H groups in total. The third kappa shape index (κ3) is 12.9. The van der Waals surface area contributed by atoms with Gasteiger partial charge in [-0.25, -0.2) is 9.78 Å². The first-order valence-electron chi connectivity index (χ1n) is 11.7. The number of nitrogens with two attached hydrogens (primary N) is 3. The number of hydrogen-bond acceptors (Lipinski definition) is 9. The topological polar surface area (TPSA) is 318 Å². The molecule has 0 bridgehead atoms. The molecule has 0 aliphatic heterocycles. The van der Waals surface area contributed by atoms with Crippen molar-refractivity contribution in [1.82, 2.24) is 25.9 Å². The number of aliphatic carboxylic acids is 3. The van der Waals surface area contributed by atoms with Gasteiger partial charge in [0, 0.05) is 31.3 Å². The highest BCUT2D eigenvalue weighted by Gasteiger charge is 2.31. The maximum absolute atomic E-state index is 13.2. The summed E-state index contributed by atoms with van der Waals surface area (Å²) in [5, 5.41) is 34.1. The van der Waals surface area contributed by atoms with Crippen LogP contribution in [0.4, 0.5) is 0 Å². The zero-order valence-electron chi connectivity index (χ0n) is 20.8. The Kier molecular flexibility index (Phi) is 13.4. The van der Waals surface area contributed by atoms with Gasteiger partial charge in [0.1, 0.15) is 18.1 Å². The smallest absolute Gasteiger partial charge is 0.326 e. The van der Waals surface area contributed by atoms with E-state index < -0.39 is 79.1 Å². The van der Waals surface area contributed by atoms with E-state index in [9.17, 15) is 33.9 Å². The number of aromatic nitrogens is 2. The Morgan fingerprint density at radius 3 is 2.05 bits per heavy atom. The minimum atomic E-state index is -1.56. The minimum absolute atomic E-state index is 0.0666. The molecule has 18 heteroatoms. The molecule has 4 unspecified atom stereocenters. The number of carboxylic acid groups (broad SMARTS) is 3. The molecule has 216 valence electrons. The van der Waals surface area contributed by atoms with Crippen LogP contribution in [0.2, 0.25) is 0 Å². The van der Waals surface area contributed by atoms with Gasteiger partial charge in [0.2, 0.25) is 17.7 Å². The lowest BCUT2D eigenvalue weighted by Crippen LogP contribution is -2.57. The number of nitrogens with zero attached hydrogens (tertiary/aromatic N) is 2. The fraction of sp³-hybridized carbons (Fsp3) is 0.524. The van der Waals surface area contributed by atoms with Crippen LogP contribution in [-0.4, -0.2) is 97.6 Å². The van der Waals surface area contributed by atoms with Gasteiger partial charge in [0.05, 0.1) is 18.8 Å². The average Bonchev–Trinajstić information content (AvgIpc) is 3.35. The summed E-state index contributed by atoms with van der Waals surface area (Å²) in [7, 11) is 0. The van der Waals surface area contributed by atoms with E-state index in [0.29, 0.717) is 5.69 Å². The van der Waals surface area contributed by atoms with E-state index in [0.717, 1.165) is 0 Å². The van der Waals surface area contributed by atoms with Crippen LogP contribution in [0.25, 0.3) is 0 Å². The predicted octanol–water partition coefficient (Wildman–Crippen LogP) is -3.79. The van der Waals surface area contributed by atoms with Crippen LogP contribution in [0.3, 0.4) is 0 Å². The SMILES string of the molecule is NC(N)=NCCCC(NC(=O)C(Cc1cnc[nH]1)NC(=O)C(N)CC(=O)O)C(=O)NC(CCC(=O)O)C(=O)O. The van der Waals surface area contributed by atoms with Crippen molar-refractivity contribution in [2.75, 3.05) is 6.54 Å². The summed E-state index contributed by atoms with van der Waals surface area (Å²) in [5.74, 6) is -7.03. The number of rotatable bonds is 18. The van der Waals surface area contributed by atoms with Crippen molar-refractivity contribution in [3.05, 3.63) is 18.2 Å². The molecule has 0 fully saturated rings. The predicted molar refractivity (Wildman–Crippen MR) is 133 cm³/mol. The molecule has 0 radical (unpaired) electrons. The lowest BCUT2D eigenvalue weighted by atomic mass is 10.1. The Balaban J connectivity index is 3.11. The van der Waals surface area contributed by atoms with Crippen molar-refractivity contribution in [3.8, 4) is 0 Å². The lowest BCUT2D eigenvalue weighted by molar-refractivity contribution is -0.143. The zero-order chi connectivity index (χ0) is 29.5. The van der Waals surface area contributed by atoms with E-state index in [1.165, 1.54) is 12.5 Å². The molecular formula is C21H33N9O9. The standard InChI is InChI=1S/C21H33N9O9/c22-11(7-16(33)34)17(35)30-14(6-10-8-25-9-27-10)19(37)28-12(2-1-5-26-21(23)24)18(36)29-13(20(38)39)3-4-15(31)32/h8-9,11-14H,1-7,22H2,(H,25,27)(H,28,37)(H,29,36)(H,30,35)(H,31,32)(H,33,34)(H,38,39)(H4,23,24,26). The number of H-pyrrole nitrogens is 1. The summed E-state index contributed by atoms with van der Waals surface area (Å²) >= 11 is 0. The Hall–Kier alpha value is -4.74. The number of guanidine groups is 1. The van der Waals surface area contributed by atoms with Gasteiger partial charge >= 0.3 is 17.9 Å². The summed E-state index contributed by atoms with van der Waals surface area (Å²) in [4.78, 5) is 82.2. The molecule has 0 aromatic carbocycles. The highest BCUT2D eigenvalue weighted by Crippen LogP contribution is 2.06. The van der Waals surface area contributed by atoms with Crippen LogP contribution in [0.15, 0.2) is 17.5 Å². The number of nitrogens with one attached hydrogen (secondary N) is 4. The molecular weight excluding hydrogens is 522 g/mol. The molecule has 4 atom stereocenters. The molecule has 0 spiro atoms. The normalized spacial score (nSPS) is 13.7. The van der Waals surface area contributed by atoms with Crippen molar-refractivity contribution in [2.24, 2.45) is 22.2 Å². The molecule has 1 aromatic heterocycles. The van der Waals surface area contributed by atoms with Crippen molar-refractivity contribution in [1.29, 1.82) is 0 Å². The van der Waals surface area contributed by atoms with Gasteiger partial charge in [-0.1, -0.05) is 0 Å². The van der Waals surface area contributed by atoms with Crippen LogP contribution >= 0.6 is 0 Å². The van der Waals surface area contributed by atoms with Crippen LogP contribution in [-0.2, 0) is 35.2 Å². The van der Waals surface area contributed by atoms with Crippen molar-refractivity contribution in [2.45, 2.75) is 62.7 Å². The number of carbonyl (C=O) groups excluding carboxylic acids is 3. The Morgan fingerprint density at radius 1 is 0.897 bits per heavy atom. The van der Waals surface area contributed by atoms with E-state index in [2.05, 4.69) is 30.9 Å². The van der Waals surface area contributed by atoms with Crippen LogP contribution < -0.4 is 33.2 Å². The molecule has 39 heavy (non-hydrogen) atoms. The van der Waals surface area contributed by atoms with E-state index in [-0.39, 0.29) is 31.8 Å². The summed E-state index contributed by atoms with van der Waals surface area (Å²) in [5.41, 5.74) is 16.6. The Bertz CT molecular complexity index is 1040. The fourth-order valence-electron chi connectivity index (χ4n) is 3.23. The first-order chi connectivity index (χ1) is 18.3. The maximum atomic E-state index is 13.2. The average molecular weight is 556 g/mol. The highest BCUT2D eigenvalue weighted by molar-refractivity contribution is 5.95. The number of hydrogen-bond donors (Lipinski definition) is 10. The van der Waals surface area contributed by atoms with Gasteiger partial charge in [-0.3, -0.25) is 29.0 Å². The van der Waals surface area contributed by atoms with Gasteiger partial charge < -0.3 is 53.5 Å². The second-order valence-electron chi connectivity index (χ2n) is 8.39. The number of aliphatic imine (C=N–C) groups is 1. The first kappa shape index (κ1) is 32.3. The maximum Gasteiger partial charge on any atom is 0.326 e. The molecule has 1 aromatic rings. The van der Waals surface area contributed by atoms with Gasteiger partial charge in [-0.15, -0.1) is 0 Å². The van der Waals surface area contributed by atoms with Crippen molar-refractivity contribution >= 4 is 41.6 Å². The molecule has 0 aliphatic carbocycles. The van der Waals surface area contributed by atoms with Gasteiger partial charge in [-0.05, 0) is 19.3 Å². The summed E-state index contributed by atoms with van der Waals surface area (Å²) < 4.78 is 0. The summed E-state index contributed by atoms with van der Waals surface area (Å²) in [6.07, 6.45) is 1.02. The van der Waals surface area contributed by atoms with E-state index in [1.54, 1.807) is 0 Å². The van der Waals surface area contributed by atoms with Crippen LogP contribution in [0.5, 0.6) is 0 Å². The number of carboxylic acids is 3. The lowest BCUT2D eigenvalue weighted by Gasteiger charge is -2.25. The second-order valence-corrected chi connectivity index (χ2v) is 8.39. The van der Waals surface area contributed by atoms with E-state index in [1.807, 2.05) is 0 Å². The summed E-state index contributed by atoms with van der Waals surface area (Å²) in [6, 6.07) is -5.70. The second kappa shape index (κ2) is 16.2. The van der Waals surface area contributed by atoms with Crippen LogP contribution in [0, 0.1) is 0 Å². The van der Waals surface area contributed by atoms with E-state index in [4.69, 9.17) is 27.4 Å². The molecule has 0 aliphatic rings. The number of aromatic amines is 1. The Morgan fingerprint density at radius 2 is 1.51 bits per heavy atom. The first-order valence-corrected chi connectivity index (χ1v) is 11.7. The number of carbonyl (C=O) groups is 6. The monoisotopic (exact) mass is 555 g/mol. The molecule has 0 saturated heterocycles. The fourth-order valence-corrected chi connectivity index (χ4v) is 3.23. The summed E-state index contributed by atoms with van der Waals surface area (Å²) in [6.45, 7) is 0.0711. The Labute approximate surface area is 221 Å². The molecule has 1 heterocycles. The quantitative estimate of drug-likeness (QED) is 0.0472. The molecule has 18 nitrogen and oxygen atoms in total. The van der Waals surface area contributed by atoms with Gasteiger partial charge in [-0.2, -0.15) is 0 Å². The van der Waals surface area contributed by atoms with Gasteiger partial charge in [0.15, 0.2) is 5.96 Å². The minimum Gasteiger partial charge on any atom is -0.481 e. The van der Waals surface area contributed by atoms with E-state index >= 15 is 0 Å². The van der Waals surface area contributed by atoms with Gasteiger partial charge in [0.25, 0.3) is 0 Å². The third-order valence-electron chi connectivity index (χ3n) is 5.18. The number of amides is 3. The molecule has 3 amide bonds. The van der Waals surface area contributed by atoms with Crippen LogP contribution in [0.1, 0.15) is 37.8 Å². The van der Waals surface area contributed by atoms with Crippen molar-refractivity contribution in [3.63, 3.8) is 0 Å². The van der Waals surface area contributed by atoms with Crippen molar-refractivity contribution < 1.29 is 44.1 Å². The third-order valence-corrected chi connectivity index (χ3v) is 5.18. The molecule has 1 rings (SSSR count).